The average Bonchev–Trinajstić information content (AvgIpc) is 2.97. The third-order valence-electron chi connectivity index (χ3n) is 3.12. The summed E-state index contributed by atoms with van der Waals surface area (Å²) >= 11 is 0. The van der Waals surface area contributed by atoms with Crippen LogP contribution in [0.2, 0.25) is 0 Å². The lowest BCUT2D eigenvalue weighted by Crippen LogP contribution is -2.17. The summed E-state index contributed by atoms with van der Waals surface area (Å²) in [6.45, 7) is 0. The average molecular weight is 334 g/mol. The predicted molar refractivity (Wildman–Crippen MR) is 79.3 cm³/mol. The zero-order valence-electron chi connectivity index (χ0n) is 12.2. The second kappa shape index (κ2) is 6.42. The number of oxime groups is 1. The molecule has 2 radical (unpaired) electrons. The van der Waals surface area contributed by atoms with Crippen molar-refractivity contribution in [3.05, 3.63) is 48.2 Å². The number of aromatic nitrogens is 1. The number of halogens is 3. The summed E-state index contributed by atoms with van der Waals surface area (Å²) in [5.41, 5.74) is 1.02. The normalized spacial score (nSPS) is 17.1. The third kappa shape index (κ3) is 4.18. The zero-order chi connectivity index (χ0) is 17.2. The first-order valence-electron chi connectivity index (χ1n) is 6.87. The lowest BCUT2D eigenvalue weighted by atomic mass is 10.0. The van der Waals surface area contributed by atoms with Crippen LogP contribution in [0.5, 0.6) is 11.5 Å². The highest BCUT2D eigenvalue weighted by atomic mass is 19.4. The van der Waals surface area contributed by atoms with Crippen molar-refractivity contribution in [3.63, 3.8) is 0 Å². The maximum atomic E-state index is 12.1. The number of ether oxygens (including phenoxy) is 2. The molecule has 1 aromatic carbocycles. The van der Waals surface area contributed by atoms with Crippen LogP contribution in [0.25, 0.3) is 0 Å². The van der Waals surface area contributed by atoms with Crippen molar-refractivity contribution in [1.29, 1.82) is 0 Å². The molecule has 0 spiro atoms. The molecular formula is C15H10BF3N2O3. The van der Waals surface area contributed by atoms with E-state index in [-0.39, 0.29) is 5.75 Å². The Kier molecular flexibility index (Phi) is 4.33. The Labute approximate surface area is 136 Å². The first-order valence-corrected chi connectivity index (χ1v) is 6.87. The van der Waals surface area contributed by atoms with Crippen LogP contribution < -0.4 is 15.1 Å². The van der Waals surface area contributed by atoms with E-state index < -0.39 is 12.5 Å². The Balaban J connectivity index is 1.59. The molecule has 0 bridgehead atoms. The van der Waals surface area contributed by atoms with Gasteiger partial charge in [-0.25, -0.2) is 0 Å². The summed E-state index contributed by atoms with van der Waals surface area (Å²) in [6, 6.07) is 8.62. The van der Waals surface area contributed by atoms with Crippen molar-refractivity contribution < 1.29 is 27.5 Å². The Morgan fingerprint density at radius 3 is 2.42 bits per heavy atom. The quantitative estimate of drug-likeness (QED) is 0.810. The van der Waals surface area contributed by atoms with E-state index in [1.807, 2.05) is 0 Å². The number of nitrogens with zero attached hydrogens (tertiary/aromatic N) is 2. The topological polar surface area (TPSA) is 52.9 Å². The zero-order valence-corrected chi connectivity index (χ0v) is 12.2. The summed E-state index contributed by atoms with van der Waals surface area (Å²) in [6.07, 6.45) is -3.37. The van der Waals surface area contributed by atoms with Gasteiger partial charge < -0.3 is 14.3 Å². The van der Waals surface area contributed by atoms with Gasteiger partial charge in [-0.1, -0.05) is 17.3 Å². The molecule has 1 aromatic heterocycles. The van der Waals surface area contributed by atoms with Crippen LogP contribution in [-0.2, 0) is 4.84 Å². The maximum absolute atomic E-state index is 12.1. The first kappa shape index (κ1) is 16.2. The molecule has 0 aliphatic carbocycles. The second-order valence-electron chi connectivity index (χ2n) is 4.92. The molecule has 0 fully saturated rings. The van der Waals surface area contributed by atoms with Gasteiger partial charge in [0.05, 0.1) is 12.6 Å². The SMILES string of the molecule is [B]c1ccc(OC2=NOC(c3ccc(OC(F)(F)F)cc3)C2)cn1. The Hall–Kier alpha value is -2.71. The molecule has 1 unspecified atom stereocenters. The molecule has 122 valence electrons. The summed E-state index contributed by atoms with van der Waals surface area (Å²) in [5.74, 6) is 0.498. The fourth-order valence-electron chi connectivity index (χ4n) is 2.07. The van der Waals surface area contributed by atoms with Gasteiger partial charge in [0, 0.05) is 0 Å². The van der Waals surface area contributed by atoms with Crippen molar-refractivity contribution >= 4 is 19.3 Å². The van der Waals surface area contributed by atoms with Crippen LogP contribution in [0, 0.1) is 0 Å². The van der Waals surface area contributed by atoms with Gasteiger partial charge in [-0.3, -0.25) is 4.98 Å². The third-order valence-corrected chi connectivity index (χ3v) is 3.12. The molecule has 0 saturated carbocycles. The summed E-state index contributed by atoms with van der Waals surface area (Å²) < 4.78 is 45.7. The first-order chi connectivity index (χ1) is 11.4. The number of pyridine rings is 1. The molecule has 0 saturated heterocycles. The van der Waals surface area contributed by atoms with Crippen LogP contribution in [0.4, 0.5) is 13.2 Å². The molecule has 2 aromatic rings. The predicted octanol–water partition coefficient (Wildman–Crippen LogP) is 2.63. The monoisotopic (exact) mass is 334 g/mol. The summed E-state index contributed by atoms with van der Waals surface area (Å²) in [5, 5.41) is 3.82. The van der Waals surface area contributed by atoms with Gasteiger partial charge in [0.2, 0.25) is 5.90 Å². The number of alkyl halides is 3. The minimum Gasteiger partial charge on any atom is -0.438 e. The van der Waals surface area contributed by atoms with E-state index in [0.29, 0.717) is 29.2 Å². The summed E-state index contributed by atoms with van der Waals surface area (Å²) in [7, 11) is 5.48. The molecule has 1 aliphatic heterocycles. The number of benzene rings is 1. The van der Waals surface area contributed by atoms with E-state index in [0.717, 1.165) is 0 Å². The standard InChI is InChI=1S/C15H10BF3N2O3/c16-13-6-5-11(8-20-13)22-14-7-12(24-21-14)9-1-3-10(4-2-9)23-15(17,18)19/h1-6,8,12H,7H2. The fraction of sp³-hybridized carbons (Fsp3) is 0.200. The van der Waals surface area contributed by atoms with Crippen LogP contribution in [0.3, 0.4) is 0 Å². The minimum absolute atomic E-state index is 0.297. The lowest BCUT2D eigenvalue weighted by molar-refractivity contribution is -0.274. The van der Waals surface area contributed by atoms with E-state index in [1.165, 1.54) is 30.5 Å². The van der Waals surface area contributed by atoms with Crippen LogP contribution in [0.15, 0.2) is 47.8 Å². The van der Waals surface area contributed by atoms with Crippen LogP contribution >= 0.6 is 0 Å². The minimum atomic E-state index is -4.72. The number of rotatable bonds is 3. The molecule has 3 rings (SSSR count). The Bertz CT molecular complexity index is 733. The van der Waals surface area contributed by atoms with Gasteiger partial charge in [-0.2, -0.15) is 0 Å². The van der Waals surface area contributed by atoms with Gasteiger partial charge in [0.25, 0.3) is 0 Å². The van der Waals surface area contributed by atoms with Crippen molar-refractivity contribution in [2.24, 2.45) is 5.16 Å². The van der Waals surface area contributed by atoms with E-state index in [9.17, 15) is 13.2 Å². The molecule has 0 amide bonds. The van der Waals surface area contributed by atoms with Gasteiger partial charge in [-0.05, 0) is 35.4 Å². The molecule has 5 nitrogen and oxygen atoms in total. The van der Waals surface area contributed by atoms with E-state index >= 15 is 0 Å². The second-order valence-corrected chi connectivity index (χ2v) is 4.92. The van der Waals surface area contributed by atoms with Crippen LogP contribution in [0.1, 0.15) is 18.1 Å². The van der Waals surface area contributed by atoms with Crippen molar-refractivity contribution in [1.82, 2.24) is 4.98 Å². The molecule has 24 heavy (non-hydrogen) atoms. The van der Waals surface area contributed by atoms with E-state index in [4.69, 9.17) is 17.4 Å². The van der Waals surface area contributed by atoms with Crippen LogP contribution in [-0.4, -0.2) is 25.1 Å². The Morgan fingerprint density at radius 2 is 1.79 bits per heavy atom. The van der Waals surface area contributed by atoms with E-state index in [2.05, 4.69) is 14.9 Å². The summed E-state index contributed by atoms with van der Waals surface area (Å²) in [4.78, 5) is 9.13. The molecule has 1 aliphatic rings. The van der Waals surface area contributed by atoms with Crippen molar-refractivity contribution in [2.75, 3.05) is 0 Å². The molecule has 9 heteroatoms. The maximum Gasteiger partial charge on any atom is 0.573 e. The van der Waals surface area contributed by atoms with Crippen molar-refractivity contribution in [2.45, 2.75) is 18.9 Å². The highest BCUT2D eigenvalue weighted by Crippen LogP contribution is 2.30. The highest BCUT2D eigenvalue weighted by Gasteiger charge is 2.31. The number of hydrogen-bond acceptors (Lipinski definition) is 5. The van der Waals surface area contributed by atoms with Gasteiger partial charge in [0.15, 0.2) is 6.10 Å². The van der Waals surface area contributed by atoms with Crippen molar-refractivity contribution in [3.8, 4) is 11.5 Å². The van der Waals surface area contributed by atoms with Gasteiger partial charge >= 0.3 is 6.36 Å². The molecular weight excluding hydrogens is 324 g/mol. The molecule has 1 atom stereocenters. The lowest BCUT2D eigenvalue weighted by Gasteiger charge is -2.11. The number of hydrogen-bond donors (Lipinski definition) is 0. The van der Waals surface area contributed by atoms with E-state index in [1.54, 1.807) is 12.1 Å². The highest BCUT2D eigenvalue weighted by molar-refractivity contribution is 6.30. The fourth-order valence-corrected chi connectivity index (χ4v) is 2.07. The Morgan fingerprint density at radius 1 is 1.08 bits per heavy atom. The van der Waals surface area contributed by atoms with Gasteiger partial charge in [-0.15, -0.1) is 13.2 Å². The smallest absolute Gasteiger partial charge is 0.438 e. The molecule has 2 heterocycles. The van der Waals surface area contributed by atoms with Gasteiger partial charge in [0.1, 0.15) is 19.3 Å². The molecule has 0 N–H and O–H groups in total. The largest absolute Gasteiger partial charge is 0.573 e.